The van der Waals surface area contributed by atoms with Gasteiger partial charge in [0.05, 0.1) is 0 Å². The second kappa shape index (κ2) is 5.51. The molecule has 0 aliphatic rings. The van der Waals surface area contributed by atoms with E-state index in [1.807, 2.05) is 58.9 Å². The van der Waals surface area contributed by atoms with Crippen LogP contribution in [0.4, 0.5) is 10.5 Å². The number of nitrogen functional groups attached to an aromatic ring is 1. The van der Waals surface area contributed by atoms with Gasteiger partial charge in [-0.1, -0.05) is 12.1 Å². The summed E-state index contributed by atoms with van der Waals surface area (Å²) in [7, 11) is 0. The summed E-state index contributed by atoms with van der Waals surface area (Å²) in [6, 6.07) is 7.65. The first-order valence-electron chi connectivity index (χ1n) is 6.43. The quantitative estimate of drug-likeness (QED) is 0.824. The van der Waals surface area contributed by atoms with Crippen molar-refractivity contribution in [1.82, 2.24) is 5.32 Å². The van der Waals surface area contributed by atoms with Gasteiger partial charge in [-0.25, -0.2) is 4.79 Å². The standard InChI is InChI=1S/C15H24N2O2/c1-14(2,3)19-13(18)17-15(4,5)10-11-6-8-12(16)9-7-11/h6-9H,10,16H2,1-5H3,(H,17,18). The number of hydrogen-bond acceptors (Lipinski definition) is 3. The Hall–Kier alpha value is -1.71. The normalized spacial score (nSPS) is 12.1. The summed E-state index contributed by atoms with van der Waals surface area (Å²) in [5, 5.41) is 2.88. The highest BCUT2D eigenvalue weighted by molar-refractivity contribution is 5.68. The molecule has 106 valence electrons. The van der Waals surface area contributed by atoms with Crippen molar-refractivity contribution in [2.45, 2.75) is 52.2 Å². The maximum absolute atomic E-state index is 11.8. The van der Waals surface area contributed by atoms with Crippen molar-refractivity contribution in [2.75, 3.05) is 5.73 Å². The third kappa shape index (κ3) is 6.13. The second-order valence-electron chi connectivity index (χ2n) is 6.43. The van der Waals surface area contributed by atoms with E-state index in [4.69, 9.17) is 10.5 Å². The Kier molecular flexibility index (Phi) is 4.45. The van der Waals surface area contributed by atoms with E-state index in [0.717, 1.165) is 11.3 Å². The van der Waals surface area contributed by atoms with Crippen LogP contribution in [0.1, 0.15) is 40.2 Å². The number of amides is 1. The zero-order chi connectivity index (χ0) is 14.7. The molecule has 19 heavy (non-hydrogen) atoms. The summed E-state index contributed by atoms with van der Waals surface area (Å²) in [5.74, 6) is 0. The number of anilines is 1. The Bertz CT molecular complexity index is 430. The molecule has 1 amide bonds. The molecule has 3 N–H and O–H groups in total. The van der Waals surface area contributed by atoms with Crippen LogP contribution in [0.3, 0.4) is 0 Å². The predicted molar refractivity (Wildman–Crippen MR) is 78.0 cm³/mol. The highest BCUT2D eigenvalue weighted by atomic mass is 16.6. The van der Waals surface area contributed by atoms with Crippen molar-refractivity contribution in [2.24, 2.45) is 0 Å². The molecule has 4 nitrogen and oxygen atoms in total. The van der Waals surface area contributed by atoms with Gasteiger partial charge in [-0.2, -0.15) is 0 Å². The lowest BCUT2D eigenvalue weighted by Crippen LogP contribution is -2.47. The smallest absolute Gasteiger partial charge is 0.408 e. The van der Waals surface area contributed by atoms with Crippen LogP contribution in [0.25, 0.3) is 0 Å². The van der Waals surface area contributed by atoms with E-state index in [-0.39, 0.29) is 5.54 Å². The highest BCUT2D eigenvalue weighted by Gasteiger charge is 2.24. The molecule has 0 atom stereocenters. The third-order valence-electron chi connectivity index (χ3n) is 2.47. The van der Waals surface area contributed by atoms with E-state index >= 15 is 0 Å². The van der Waals surface area contributed by atoms with Crippen molar-refractivity contribution in [3.05, 3.63) is 29.8 Å². The Morgan fingerprint density at radius 1 is 1.16 bits per heavy atom. The van der Waals surface area contributed by atoms with E-state index in [9.17, 15) is 4.79 Å². The van der Waals surface area contributed by atoms with Gasteiger partial charge in [0.1, 0.15) is 5.60 Å². The zero-order valence-electron chi connectivity index (χ0n) is 12.4. The lowest BCUT2D eigenvalue weighted by atomic mass is 9.95. The van der Waals surface area contributed by atoms with Crippen LogP contribution in [0.2, 0.25) is 0 Å². The first-order valence-corrected chi connectivity index (χ1v) is 6.43. The van der Waals surface area contributed by atoms with Gasteiger partial charge in [-0.3, -0.25) is 0 Å². The molecular weight excluding hydrogens is 240 g/mol. The van der Waals surface area contributed by atoms with Crippen LogP contribution in [0.15, 0.2) is 24.3 Å². The average molecular weight is 264 g/mol. The molecule has 0 bridgehead atoms. The van der Waals surface area contributed by atoms with Crippen LogP contribution < -0.4 is 11.1 Å². The lowest BCUT2D eigenvalue weighted by Gasteiger charge is -2.28. The Balaban J connectivity index is 2.61. The van der Waals surface area contributed by atoms with Crippen molar-refractivity contribution >= 4 is 11.8 Å². The van der Waals surface area contributed by atoms with Crippen molar-refractivity contribution < 1.29 is 9.53 Å². The number of rotatable bonds is 3. The van der Waals surface area contributed by atoms with Crippen LogP contribution in [0.5, 0.6) is 0 Å². The minimum atomic E-state index is -0.485. The van der Waals surface area contributed by atoms with E-state index in [1.54, 1.807) is 0 Å². The van der Waals surface area contributed by atoms with Crippen molar-refractivity contribution in [3.63, 3.8) is 0 Å². The molecule has 4 heteroatoms. The summed E-state index contributed by atoms with van der Waals surface area (Å²) in [4.78, 5) is 11.8. The van der Waals surface area contributed by atoms with Crippen LogP contribution in [-0.2, 0) is 11.2 Å². The maximum Gasteiger partial charge on any atom is 0.408 e. The predicted octanol–water partition coefficient (Wildman–Crippen LogP) is 3.11. The summed E-state index contributed by atoms with van der Waals surface area (Å²) in [5.41, 5.74) is 6.65. The van der Waals surface area contributed by atoms with Crippen LogP contribution in [-0.4, -0.2) is 17.2 Å². The fraction of sp³-hybridized carbons (Fsp3) is 0.533. The number of nitrogens with two attached hydrogens (primary N) is 1. The van der Waals surface area contributed by atoms with Crippen molar-refractivity contribution in [3.8, 4) is 0 Å². The first-order chi connectivity index (χ1) is 8.57. The van der Waals surface area contributed by atoms with Gasteiger partial charge in [0.25, 0.3) is 0 Å². The Morgan fingerprint density at radius 3 is 2.16 bits per heavy atom. The minimum absolute atomic E-state index is 0.377. The summed E-state index contributed by atoms with van der Waals surface area (Å²) >= 11 is 0. The fourth-order valence-electron chi connectivity index (χ4n) is 1.77. The second-order valence-corrected chi connectivity index (χ2v) is 6.43. The molecule has 0 fully saturated rings. The molecular formula is C15H24N2O2. The maximum atomic E-state index is 11.8. The average Bonchev–Trinajstić information content (AvgIpc) is 2.17. The molecule has 0 aromatic heterocycles. The number of carbonyl (C=O) groups is 1. The monoisotopic (exact) mass is 264 g/mol. The number of alkyl carbamates (subject to hydrolysis) is 1. The van der Waals surface area contributed by atoms with E-state index in [1.165, 1.54) is 0 Å². The van der Waals surface area contributed by atoms with Crippen LogP contribution >= 0.6 is 0 Å². The number of benzene rings is 1. The van der Waals surface area contributed by atoms with E-state index in [0.29, 0.717) is 6.42 Å². The molecule has 0 unspecified atom stereocenters. The zero-order valence-corrected chi connectivity index (χ0v) is 12.4. The van der Waals surface area contributed by atoms with Crippen LogP contribution in [0, 0.1) is 0 Å². The van der Waals surface area contributed by atoms with Gasteiger partial charge >= 0.3 is 6.09 Å². The first kappa shape index (κ1) is 15.3. The number of carbonyl (C=O) groups excluding carboxylic acids is 1. The highest BCUT2D eigenvalue weighted by Crippen LogP contribution is 2.15. The number of ether oxygens (including phenoxy) is 1. The largest absolute Gasteiger partial charge is 0.444 e. The Labute approximate surface area is 115 Å². The van der Waals surface area contributed by atoms with Gasteiger partial charge in [0.15, 0.2) is 0 Å². The summed E-state index contributed by atoms with van der Waals surface area (Å²) in [6.07, 6.45) is 0.319. The molecule has 0 saturated carbocycles. The number of nitrogens with one attached hydrogen (secondary N) is 1. The molecule has 1 rings (SSSR count). The number of hydrogen-bond donors (Lipinski definition) is 2. The van der Waals surface area contributed by atoms with Gasteiger partial charge in [0, 0.05) is 11.2 Å². The summed E-state index contributed by atoms with van der Waals surface area (Å²) < 4.78 is 5.26. The molecule has 0 aliphatic heterocycles. The molecule has 0 spiro atoms. The Morgan fingerprint density at radius 2 is 1.68 bits per heavy atom. The van der Waals surface area contributed by atoms with Gasteiger partial charge < -0.3 is 15.8 Å². The SMILES string of the molecule is CC(C)(Cc1ccc(N)cc1)NC(=O)OC(C)(C)C. The topological polar surface area (TPSA) is 64.3 Å². The van der Waals surface area contributed by atoms with E-state index < -0.39 is 11.7 Å². The minimum Gasteiger partial charge on any atom is -0.444 e. The molecule has 0 saturated heterocycles. The third-order valence-corrected chi connectivity index (χ3v) is 2.47. The molecule has 1 aromatic carbocycles. The molecule has 0 heterocycles. The van der Waals surface area contributed by atoms with Crippen molar-refractivity contribution in [1.29, 1.82) is 0 Å². The lowest BCUT2D eigenvalue weighted by molar-refractivity contribution is 0.0472. The van der Waals surface area contributed by atoms with Gasteiger partial charge in [-0.15, -0.1) is 0 Å². The van der Waals surface area contributed by atoms with E-state index in [2.05, 4.69) is 5.32 Å². The van der Waals surface area contributed by atoms with Gasteiger partial charge in [-0.05, 0) is 58.7 Å². The molecule has 0 radical (unpaired) electrons. The molecule has 1 aromatic rings. The fourth-order valence-corrected chi connectivity index (χ4v) is 1.77. The molecule has 0 aliphatic carbocycles. The summed E-state index contributed by atoms with van der Waals surface area (Å²) in [6.45, 7) is 9.47. The van der Waals surface area contributed by atoms with Gasteiger partial charge in [0.2, 0.25) is 0 Å².